The first-order chi connectivity index (χ1) is 8.75. The molecule has 2 aliphatic carbocycles. The Morgan fingerprint density at radius 2 is 1.94 bits per heavy atom. The van der Waals surface area contributed by atoms with Crippen molar-refractivity contribution >= 4 is 0 Å². The van der Waals surface area contributed by atoms with Crippen LogP contribution in [0.1, 0.15) is 52.4 Å². The van der Waals surface area contributed by atoms with Gasteiger partial charge in [0.05, 0.1) is 12.1 Å². The molecule has 0 heterocycles. The molecule has 0 aliphatic heterocycles. The topological polar surface area (TPSA) is 35.5 Å². The Morgan fingerprint density at radius 1 is 1.22 bits per heavy atom. The summed E-state index contributed by atoms with van der Waals surface area (Å²) in [5.74, 6) is 0.699. The van der Waals surface area contributed by atoms with E-state index in [1.165, 1.54) is 45.1 Å². The molecule has 2 N–H and O–H groups in total. The van der Waals surface area contributed by atoms with Crippen LogP contribution in [0.15, 0.2) is 0 Å². The number of hydrogen-bond acceptors (Lipinski definition) is 3. The molecule has 0 radical (unpaired) electrons. The molecule has 1 unspecified atom stereocenters. The average Bonchev–Trinajstić information content (AvgIpc) is 3.23. The van der Waals surface area contributed by atoms with Gasteiger partial charge in [0, 0.05) is 12.6 Å². The van der Waals surface area contributed by atoms with Crippen LogP contribution in [0, 0.1) is 5.92 Å². The maximum atomic E-state index is 9.91. The first-order valence-electron chi connectivity index (χ1n) is 7.85. The van der Waals surface area contributed by atoms with Gasteiger partial charge in [-0.1, -0.05) is 20.3 Å². The minimum absolute atomic E-state index is 0.0227. The van der Waals surface area contributed by atoms with E-state index >= 15 is 0 Å². The molecule has 2 saturated carbocycles. The van der Waals surface area contributed by atoms with E-state index in [9.17, 15) is 5.11 Å². The molecule has 3 nitrogen and oxygen atoms in total. The molecular weight excluding hydrogens is 224 g/mol. The van der Waals surface area contributed by atoms with Gasteiger partial charge < -0.3 is 10.4 Å². The highest BCUT2D eigenvalue weighted by Gasteiger charge is 2.46. The molecule has 0 bridgehead atoms. The van der Waals surface area contributed by atoms with E-state index in [1.807, 2.05) is 0 Å². The summed E-state index contributed by atoms with van der Waals surface area (Å²) < 4.78 is 0. The van der Waals surface area contributed by atoms with Crippen LogP contribution in [0.5, 0.6) is 0 Å². The first-order valence-corrected chi connectivity index (χ1v) is 7.85. The number of rotatable bonds is 10. The van der Waals surface area contributed by atoms with Gasteiger partial charge in [-0.05, 0) is 51.1 Å². The van der Waals surface area contributed by atoms with Crippen LogP contribution < -0.4 is 5.32 Å². The van der Waals surface area contributed by atoms with Crippen molar-refractivity contribution in [3.8, 4) is 0 Å². The summed E-state index contributed by atoms with van der Waals surface area (Å²) in [6.45, 7) is 7.92. The zero-order chi connectivity index (χ0) is 13.0. The lowest BCUT2D eigenvalue weighted by Gasteiger charge is -2.38. The minimum Gasteiger partial charge on any atom is -0.394 e. The molecule has 0 aromatic heterocycles. The lowest BCUT2D eigenvalue weighted by Crippen LogP contribution is -2.58. The van der Waals surface area contributed by atoms with Crippen molar-refractivity contribution in [2.45, 2.75) is 64.0 Å². The van der Waals surface area contributed by atoms with E-state index in [-0.39, 0.29) is 5.54 Å². The predicted octanol–water partition coefficient (Wildman–Crippen LogP) is 2.00. The van der Waals surface area contributed by atoms with Crippen LogP contribution >= 0.6 is 0 Å². The monoisotopic (exact) mass is 254 g/mol. The van der Waals surface area contributed by atoms with Crippen molar-refractivity contribution in [1.29, 1.82) is 0 Å². The normalized spacial score (nSPS) is 23.3. The van der Waals surface area contributed by atoms with Gasteiger partial charge in [-0.15, -0.1) is 0 Å². The molecule has 3 heteroatoms. The van der Waals surface area contributed by atoms with Gasteiger partial charge in [-0.25, -0.2) is 0 Å². The number of nitrogens with one attached hydrogen (secondary N) is 1. The molecule has 2 rings (SSSR count). The summed E-state index contributed by atoms with van der Waals surface area (Å²) in [5, 5.41) is 13.5. The average molecular weight is 254 g/mol. The van der Waals surface area contributed by atoms with Gasteiger partial charge in [0.15, 0.2) is 0 Å². The first kappa shape index (κ1) is 14.3. The second-order valence-corrected chi connectivity index (χ2v) is 6.17. The Bertz CT molecular complexity index is 251. The second-order valence-electron chi connectivity index (χ2n) is 6.17. The van der Waals surface area contributed by atoms with Crippen molar-refractivity contribution in [2.24, 2.45) is 5.92 Å². The van der Waals surface area contributed by atoms with Crippen LogP contribution in [0.2, 0.25) is 0 Å². The molecule has 0 aromatic rings. The summed E-state index contributed by atoms with van der Waals surface area (Å²) in [5.41, 5.74) is -0.0227. The summed E-state index contributed by atoms with van der Waals surface area (Å²) >= 11 is 0. The molecule has 18 heavy (non-hydrogen) atoms. The van der Waals surface area contributed by atoms with Crippen LogP contribution in [0.25, 0.3) is 0 Å². The fraction of sp³-hybridized carbons (Fsp3) is 1.00. The standard InChI is InChI=1S/C15H30N2O/c1-3-5-10-17(14-8-9-14)11-15(12-18,16-4-2)13-6-7-13/h13-14,16,18H,3-12H2,1-2H3. The maximum Gasteiger partial charge on any atom is 0.0628 e. The molecule has 1 atom stereocenters. The number of unbranched alkanes of at least 4 members (excludes halogenated alkanes) is 1. The lowest BCUT2D eigenvalue weighted by molar-refractivity contribution is 0.0874. The van der Waals surface area contributed by atoms with Gasteiger partial charge >= 0.3 is 0 Å². The van der Waals surface area contributed by atoms with Gasteiger partial charge in [0.25, 0.3) is 0 Å². The Morgan fingerprint density at radius 3 is 2.39 bits per heavy atom. The largest absolute Gasteiger partial charge is 0.394 e. The van der Waals surface area contributed by atoms with Gasteiger partial charge in [0.2, 0.25) is 0 Å². The summed E-state index contributed by atoms with van der Waals surface area (Å²) in [6, 6.07) is 0.805. The molecule has 0 amide bonds. The Kier molecular flexibility index (Phi) is 5.05. The maximum absolute atomic E-state index is 9.91. The Hall–Kier alpha value is -0.120. The summed E-state index contributed by atoms with van der Waals surface area (Å²) in [6.07, 6.45) is 7.86. The zero-order valence-electron chi connectivity index (χ0n) is 12.1. The van der Waals surface area contributed by atoms with E-state index < -0.39 is 0 Å². The van der Waals surface area contributed by atoms with E-state index in [2.05, 4.69) is 24.1 Å². The number of nitrogens with zero attached hydrogens (tertiary/aromatic N) is 1. The zero-order valence-corrected chi connectivity index (χ0v) is 12.1. The predicted molar refractivity (Wildman–Crippen MR) is 75.7 cm³/mol. The van der Waals surface area contributed by atoms with Crippen molar-refractivity contribution in [3.05, 3.63) is 0 Å². The fourth-order valence-electron chi connectivity index (χ4n) is 3.11. The Balaban J connectivity index is 1.95. The third-order valence-corrected chi connectivity index (χ3v) is 4.52. The van der Waals surface area contributed by atoms with Crippen LogP contribution in [0.3, 0.4) is 0 Å². The smallest absolute Gasteiger partial charge is 0.0628 e. The van der Waals surface area contributed by atoms with E-state index in [0.717, 1.165) is 19.1 Å². The molecule has 0 spiro atoms. The molecule has 2 fully saturated rings. The molecule has 106 valence electrons. The van der Waals surface area contributed by atoms with E-state index in [0.29, 0.717) is 12.5 Å². The number of hydrogen-bond donors (Lipinski definition) is 2. The van der Waals surface area contributed by atoms with Crippen LogP contribution in [-0.2, 0) is 0 Å². The van der Waals surface area contributed by atoms with Gasteiger partial charge in [-0.3, -0.25) is 4.90 Å². The van der Waals surface area contributed by atoms with Crippen LogP contribution in [0.4, 0.5) is 0 Å². The summed E-state index contributed by atoms with van der Waals surface area (Å²) in [4.78, 5) is 2.64. The van der Waals surface area contributed by atoms with Gasteiger partial charge in [0.1, 0.15) is 0 Å². The third-order valence-electron chi connectivity index (χ3n) is 4.52. The van der Waals surface area contributed by atoms with Crippen LogP contribution in [-0.4, -0.2) is 47.8 Å². The van der Waals surface area contributed by atoms with E-state index in [4.69, 9.17) is 0 Å². The van der Waals surface area contributed by atoms with Gasteiger partial charge in [-0.2, -0.15) is 0 Å². The quantitative estimate of drug-likeness (QED) is 0.626. The van der Waals surface area contributed by atoms with Crippen molar-refractivity contribution in [2.75, 3.05) is 26.2 Å². The summed E-state index contributed by atoms with van der Waals surface area (Å²) in [7, 11) is 0. The molecular formula is C15H30N2O. The second kappa shape index (κ2) is 6.36. The Labute approximate surface area is 112 Å². The minimum atomic E-state index is -0.0227. The lowest BCUT2D eigenvalue weighted by atomic mass is 9.93. The molecule has 0 saturated heterocycles. The SMILES string of the molecule is CCCCN(CC(CO)(NCC)C1CC1)C1CC1. The van der Waals surface area contributed by atoms with Crippen molar-refractivity contribution < 1.29 is 5.11 Å². The highest BCUT2D eigenvalue weighted by molar-refractivity contribution is 5.04. The molecule has 2 aliphatic rings. The van der Waals surface area contributed by atoms with Crippen molar-refractivity contribution in [1.82, 2.24) is 10.2 Å². The van der Waals surface area contributed by atoms with E-state index in [1.54, 1.807) is 0 Å². The highest BCUT2D eigenvalue weighted by Crippen LogP contribution is 2.41. The highest BCUT2D eigenvalue weighted by atomic mass is 16.3. The number of likely N-dealkylation sites (N-methyl/N-ethyl adjacent to an activating group) is 1. The molecule has 0 aromatic carbocycles. The fourth-order valence-corrected chi connectivity index (χ4v) is 3.11. The third kappa shape index (κ3) is 3.46. The number of aliphatic hydroxyl groups is 1. The number of aliphatic hydroxyl groups excluding tert-OH is 1. The van der Waals surface area contributed by atoms with Crippen molar-refractivity contribution in [3.63, 3.8) is 0 Å².